The molecule has 21 heavy (non-hydrogen) atoms. The van der Waals surface area contributed by atoms with E-state index in [9.17, 15) is 0 Å². The summed E-state index contributed by atoms with van der Waals surface area (Å²) in [7, 11) is 0. The maximum absolute atomic E-state index is 8.29. The van der Waals surface area contributed by atoms with Gasteiger partial charge in [-0.05, 0) is 30.9 Å². The van der Waals surface area contributed by atoms with E-state index in [-0.39, 0.29) is 0 Å². The van der Waals surface area contributed by atoms with Gasteiger partial charge in [0.05, 0.1) is 0 Å². The van der Waals surface area contributed by atoms with Crippen LogP contribution in [0.3, 0.4) is 0 Å². The summed E-state index contributed by atoms with van der Waals surface area (Å²) in [6.45, 7) is 1.97. The molecule has 3 nitrogen and oxygen atoms in total. The summed E-state index contributed by atoms with van der Waals surface area (Å²) in [6.07, 6.45) is 3.65. The second kappa shape index (κ2) is 6.44. The summed E-state index contributed by atoms with van der Waals surface area (Å²) in [5.74, 6) is 0.512. The lowest BCUT2D eigenvalue weighted by atomic mass is 10.0. The van der Waals surface area contributed by atoms with Crippen molar-refractivity contribution in [3.63, 3.8) is 0 Å². The van der Waals surface area contributed by atoms with Crippen molar-refractivity contribution in [1.29, 1.82) is 5.41 Å². The number of para-hydroxylation sites is 1. The summed E-state index contributed by atoms with van der Waals surface area (Å²) in [6, 6.07) is 18.5. The number of nitrogens with zero attached hydrogens (tertiary/aromatic N) is 1. The van der Waals surface area contributed by atoms with Crippen molar-refractivity contribution in [2.24, 2.45) is 0 Å². The van der Waals surface area contributed by atoms with Crippen LogP contribution in [0.15, 0.2) is 54.6 Å². The van der Waals surface area contributed by atoms with Crippen LogP contribution in [0.1, 0.15) is 19.3 Å². The highest BCUT2D eigenvalue weighted by atomic mass is 15.3. The normalized spacial score (nSPS) is 14.8. The molecule has 3 heteroatoms. The zero-order valence-electron chi connectivity index (χ0n) is 12.2. The Morgan fingerprint density at radius 3 is 2.29 bits per heavy atom. The minimum absolute atomic E-state index is 0.512. The Balaban J connectivity index is 1.81. The molecule has 1 aliphatic rings. The molecule has 1 aliphatic heterocycles. The first-order valence-corrected chi connectivity index (χ1v) is 7.59. The second-order valence-corrected chi connectivity index (χ2v) is 5.43. The van der Waals surface area contributed by atoms with Gasteiger partial charge in [0.15, 0.2) is 5.96 Å². The molecule has 1 fully saturated rings. The van der Waals surface area contributed by atoms with Gasteiger partial charge < -0.3 is 10.2 Å². The van der Waals surface area contributed by atoms with Crippen molar-refractivity contribution >= 4 is 11.6 Å². The number of piperidine rings is 1. The molecule has 1 heterocycles. The summed E-state index contributed by atoms with van der Waals surface area (Å²) in [5, 5.41) is 11.6. The number of anilines is 1. The molecule has 0 spiro atoms. The van der Waals surface area contributed by atoms with Crippen LogP contribution in [0.25, 0.3) is 11.1 Å². The molecule has 0 amide bonds. The van der Waals surface area contributed by atoms with Crippen LogP contribution in [0.2, 0.25) is 0 Å². The van der Waals surface area contributed by atoms with Gasteiger partial charge in [-0.1, -0.05) is 48.5 Å². The van der Waals surface area contributed by atoms with Crippen LogP contribution < -0.4 is 5.32 Å². The maximum Gasteiger partial charge on any atom is 0.195 e. The quantitative estimate of drug-likeness (QED) is 0.639. The predicted octanol–water partition coefficient (Wildman–Crippen LogP) is 4.19. The zero-order chi connectivity index (χ0) is 14.5. The highest BCUT2D eigenvalue weighted by Gasteiger charge is 2.14. The van der Waals surface area contributed by atoms with E-state index >= 15 is 0 Å². The third-order valence-corrected chi connectivity index (χ3v) is 3.94. The summed E-state index contributed by atoms with van der Waals surface area (Å²) >= 11 is 0. The van der Waals surface area contributed by atoms with Crippen molar-refractivity contribution in [2.45, 2.75) is 19.3 Å². The van der Waals surface area contributed by atoms with Crippen molar-refractivity contribution in [2.75, 3.05) is 18.4 Å². The van der Waals surface area contributed by atoms with Crippen molar-refractivity contribution in [3.05, 3.63) is 54.6 Å². The number of guanidine groups is 1. The van der Waals surface area contributed by atoms with E-state index < -0.39 is 0 Å². The van der Waals surface area contributed by atoms with Gasteiger partial charge in [-0.25, -0.2) is 0 Å². The van der Waals surface area contributed by atoms with Crippen LogP contribution in [0.4, 0.5) is 5.69 Å². The molecule has 0 unspecified atom stereocenters. The first-order valence-electron chi connectivity index (χ1n) is 7.59. The largest absolute Gasteiger partial charge is 0.343 e. The Morgan fingerprint density at radius 2 is 1.52 bits per heavy atom. The van der Waals surface area contributed by atoms with Crippen LogP contribution in [0.5, 0.6) is 0 Å². The van der Waals surface area contributed by atoms with Crippen LogP contribution >= 0.6 is 0 Å². The molecule has 108 valence electrons. The number of rotatable bonds is 2. The third kappa shape index (κ3) is 3.24. The molecule has 3 rings (SSSR count). The smallest absolute Gasteiger partial charge is 0.195 e. The number of likely N-dealkylation sites (tertiary alicyclic amines) is 1. The maximum atomic E-state index is 8.29. The molecule has 0 saturated carbocycles. The van der Waals surface area contributed by atoms with Gasteiger partial charge in [0, 0.05) is 24.3 Å². The monoisotopic (exact) mass is 279 g/mol. The molecule has 0 aliphatic carbocycles. The standard InChI is InChI=1S/C18H21N3/c19-18(21-13-7-2-8-14-21)20-17-12-6-5-11-16(17)15-9-3-1-4-10-15/h1,3-6,9-12H,2,7-8,13-14H2,(H2,19,20). The molecule has 1 saturated heterocycles. The van der Waals surface area contributed by atoms with E-state index in [0.717, 1.165) is 24.3 Å². The Kier molecular flexibility index (Phi) is 4.20. The second-order valence-electron chi connectivity index (χ2n) is 5.43. The lowest BCUT2D eigenvalue weighted by Gasteiger charge is -2.29. The van der Waals surface area contributed by atoms with Crippen LogP contribution in [-0.2, 0) is 0 Å². The molecule has 2 N–H and O–H groups in total. The van der Waals surface area contributed by atoms with Gasteiger partial charge in [-0.2, -0.15) is 0 Å². The molecule has 2 aromatic rings. The molecule has 2 aromatic carbocycles. The van der Waals surface area contributed by atoms with Crippen molar-refractivity contribution < 1.29 is 0 Å². The predicted molar refractivity (Wildman–Crippen MR) is 88.7 cm³/mol. The van der Waals surface area contributed by atoms with Gasteiger partial charge in [0.25, 0.3) is 0 Å². The van der Waals surface area contributed by atoms with Gasteiger partial charge in [0.1, 0.15) is 0 Å². The Hall–Kier alpha value is -2.29. The minimum atomic E-state index is 0.512. The van der Waals surface area contributed by atoms with Gasteiger partial charge in [-0.15, -0.1) is 0 Å². The van der Waals surface area contributed by atoms with E-state index in [1.807, 2.05) is 36.4 Å². The Morgan fingerprint density at radius 1 is 0.857 bits per heavy atom. The topological polar surface area (TPSA) is 39.1 Å². The highest BCUT2D eigenvalue weighted by Crippen LogP contribution is 2.27. The average molecular weight is 279 g/mol. The zero-order valence-corrected chi connectivity index (χ0v) is 12.2. The van der Waals surface area contributed by atoms with Crippen LogP contribution in [-0.4, -0.2) is 23.9 Å². The number of nitrogens with one attached hydrogen (secondary N) is 2. The van der Waals surface area contributed by atoms with Gasteiger partial charge in [-0.3, -0.25) is 5.41 Å². The van der Waals surface area contributed by atoms with E-state index in [1.165, 1.54) is 24.8 Å². The minimum Gasteiger partial charge on any atom is -0.343 e. The summed E-state index contributed by atoms with van der Waals surface area (Å²) in [4.78, 5) is 2.13. The SMILES string of the molecule is N=C(Nc1ccccc1-c1ccccc1)N1CCCCC1. The number of hydrogen-bond acceptors (Lipinski definition) is 1. The third-order valence-electron chi connectivity index (χ3n) is 3.94. The summed E-state index contributed by atoms with van der Waals surface area (Å²) in [5.41, 5.74) is 3.31. The van der Waals surface area contributed by atoms with Gasteiger partial charge >= 0.3 is 0 Å². The van der Waals surface area contributed by atoms with E-state index in [4.69, 9.17) is 5.41 Å². The van der Waals surface area contributed by atoms with Crippen molar-refractivity contribution in [1.82, 2.24) is 4.90 Å². The van der Waals surface area contributed by atoms with Gasteiger partial charge in [0.2, 0.25) is 0 Å². The fraction of sp³-hybridized carbons (Fsp3) is 0.278. The number of benzene rings is 2. The molecular formula is C18H21N3. The lowest BCUT2D eigenvalue weighted by Crippen LogP contribution is -2.39. The van der Waals surface area contributed by atoms with Crippen molar-refractivity contribution in [3.8, 4) is 11.1 Å². The first kappa shape index (κ1) is 13.7. The van der Waals surface area contributed by atoms with Crippen LogP contribution in [0, 0.1) is 5.41 Å². The highest BCUT2D eigenvalue weighted by molar-refractivity contribution is 5.95. The Labute approximate surface area is 126 Å². The molecule has 0 radical (unpaired) electrons. The fourth-order valence-corrected chi connectivity index (χ4v) is 2.79. The molecular weight excluding hydrogens is 258 g/mol. The Bertz CT molecular complexity index is 601. The first-order chi connectivity index (χ1) is 10.3. The molecule has 0 bridgehead atoms. The van der Waals surface area contributed by atoms with E-state index in [0.29, 0.717) is 5.96 Å². The fourth-order valence-electron chi connectivity index (χ4n) is 2.79. The van der Waals surface area contributed by atoms with E-state index in [1.54, 1.807) is 0 Å². The molecule has 0 aromatic heterocycles. The lowest BCUT2D eigenvalue weighted by molar-refractivity contribution is 0.340. The van der Waals surface area contributed by atoms with E-state index in [2.05, 4.69) is 28.4 Å². The number of hydrogen-bond donors (Lipinski definition) is 2. The summed E-state index contributed by atoms with van der Waals surface area (Å²) < 4.78 is 0. The average Bonchev–Trinajstić information content (AvgIpc) is 2.57. The molecule has 0 atom stereocenters.